The number of carbonyl (C=O) groups excluding carboxylic acids is 1. The maximum atomic E-state index is 11.4. The summed E-state index contributed by atoms with van der Waals surface area (Å²) in [6, 6.07) is 4.40. The minimum Gasteiger partial charge on any atom is -0.484 e. The van der Waals surface area contributed by atoms with Gasteiger partial charge in [-0.25, -0.2) is 13.6 Å². The monoisotopic (exact) mass is 286 g/mol. The van der Waals surface area contributed by atoms with E-state index in [0.717, 1.165) is 0 Å². The Bertz CT molecular complexity index is 567. The van der Waals surface area contributed by atoms with Crippen molar-refractivity contribution in [3.63, 3.8) is 0 Å². The van der Waals surface area contributed by atoms with Gasteiger partial charge < -0.3 is 10.1 Å². The summed E-state index contributed by atoms with van der Waals surface area (Å²) in [5.41, 5.74) is 0.476. The topological polar surface area (TPSA) is 98.5 Å². The van der Waals surface area contributed by atoms with Crippen molar-refractivity contribution >= 4 is 15.9 Å². The number of hydrogen-bond acceptors (Lipinski definition) is 4. The highest BCUT2D eigenvalue weighted by molar-refractivity contribution is 7.89. The second-order valence-electron chi connectivity index (χ2n) is 4.48. The van der Waals surface area contributed by atoms with Crippen molar-refractivity contribution in [1.82, 2.24) is 5.32 Å². The molecule has 0 saturated heterocycles. The van der Waals surface area contributed by atoms with Gasteiger partial charge in [0.25, 0.3) is 5.91 Å². The number of rotatable bonds is 5. The molecule has 1 rings (SSSR count). The van der Waals surface area contributed by atoms with Gasteiger partial charge in [-0.05, 0) is 44.5 Å². The molecule has 0 aliphatic rings. The predicted octanol–water partition coefficient (Wildman–Crippen LogP) is 0.546. The molecule has 0 heterocycles. The van der Waals surface area contributed by atoms with Crippen molar-refractivity contribution in [2.75, 3.05) is 6.61 Å². The van der Waals surface area contributed by atoms with Crippen molar-refractivity contribution in [1.29, 1.82) is 0 Å². The molecule has 0 aliphatic heterocycles. The van der Waals surface area contributed by atoms with Crippen molar-refractivity contribution in [3.05, 3.63) is 23.8 Å². The third-order valence-corrected chi connectivity index (χ3v) is 3.34. The van der Waals surface area contributed by atoms with Gasteiger partial charge in [-0.2, -0.15) is 0 Å². The zero-order valence-corrected chi connectivity index (χ0v) is 12.0. The third kappa shape index (κ3) is 4.88. The van der Waals surface area contributed by atoms with E-state index in [1.54, 1.807) is 6.92 Å². The highest BCUT2D eigenvalue weighted by Gasteiger charge is 2.12. The van der Waals surface area contributed by atoms with Gasteiger partial charge in [-0.15, -0.1) is 0 Å². The summed E-state index contributed by atoms with van der Waals surface area (Å²) in [4.78, 5) is 11.4. The number of ether oxygens (including phenoxy) is 1. The third-order valence-electron chi connectivity index (χ3n) is 2.27. The van der Waals surface area contributed by atoms with Gasteiger partial charge in [0.2, 0.25) is 10.0 Å². The first-order valence-corrected chi connectivity index (χ1v) is 7.30. The lowest BCUT2D eigenvalue weighted by Crippen LogP contribution is -2.34. The smallest absolute Gasteiger partial charge is 0.258 e. The zero-order valence-electron chi connectivity index (χ0n) is 11.1. The lowest BCUT2D eigenvalue weighted by Gasteiger charge is -2.11. The number of amides is 1. The van der Waals surface area contributed by atoms with Crippen LogP contribution in [0.25, 0.3) is 0 Å². The number of aryl methyl sites for hydroxylation is 1. The van der Waals surface area contributed by atoms with Gasteiger partial charge in [0.1, 0.15) is 5.75 Å². The van der Waals surface area contributed by atoms with E-state index < -0.39 is 10.0 Å². The first-order valence-electron chi connectivity index (χ1n) is 5.76. The fourth-order valence-corrected chi connectivity index (χ4v) is 2.31. The number of hydrogen-bond donors (Lipinski definition) is 2. The van der Waals surface area contributed by atoms with E-state index >= 15 is 0 Å². The Morgan fingerprint density at radius 3 is 2.53 bits per heavy atom. The molecule has 0 saturated carbocycles. The van der Waals surface area contributed by atoms with Crippen LogP contribution in [0.15, 0.2) is 23.1 Å². The maximum absolute atomic E-state index is 11.4. The molecule has 1 aromatic carbocycles. The van der Waals surface area contributed by atoms with E-state index in [9.17, 15) is 13.2 Å². The van der Waals surface area contributed by atoms with E-state index in [1.165, 1.54) is 18.2 Å². The Morgan fingerprint density at radius 2 is 2.05 bits per heavy atom. The molecule has 0 aromatic heterocycles. The molecule has 1 amide bonds. The fourth-order valence-electron chi connectivity index (χ4n) is 1.54. The molecule has 0 spiro atoms. The molecule has 0 aliphatic carbocycles. The number of nitrogens with two attached hydrogens (primary N) is 1. The molecule has 19 heavy (non-hydrogen) atoms. The van der Waals surface area contributed by atoms with Crippen LogP contribution in [0.2, 0.25) is 0 Å². The van der Waals surface area contributed by atoms with Crippen molar-refractivity contribution < 1.29 is 17.9 Å². The number of benzene rings is 1. The summed E-state index contributed by atoms with van der Waals surface area (Å²) in [5, 5.41) is 7.74. The largest absolute Gasteiger partial charge is 0.484 e. The second-order valence-corrected chi connectivity index (χ2v) is 6.01. The van der Waals surface area contributed by atoms with Gasteiger partial charge in [-0.3, -0.25) is 4.79 Å². The van der Waals surface area contributed by atoms with E-state index in [1.807, 2.05) is 13.8 Å². The molecule has 0 bridgehead atoms. The molecule has 106 valence electrons. The van der Waals surface area contributed by atoms with Crippen molar-refractivity contribution in [2.45, 2.75) is 31.7 Å². The molecule has 7 heteroatoms. The maximum Gasteiger partial charge on any atom is 0.258 e. The SMILES string of the molecule is Cc1cc(OCC(=O)NC(C)C)ccc1S(N)(=O)=O. The van der Waals surface area contributed by atoms with Crippen LogP contribution in [-0.4, -0.2) is 27.0 Å². The summed E-state index contributed by atoms with van der Waals surface area (Å²) in [5.74, 6) is 0.187. The van der Waals surface area contributed by atoms with E-state index in [4.69, 9.17) is 9.88 Å². The molecule has 0 atom stereocenters. The number of sulfonamides is 1. The van der Waals surface area contributed by atoms with Crippen LogP contribution in [0.3, 0.4) is 0 Å². The second kappa shape index (κ2) is 6.03. The average molecular weight is 286 g/mol. The normalized spacial score (nSPS) is 11.4. The molecule has 0 radical (unpaired) electrons. The Morgan fingerprint density at radius 1 is 1.42 bits per heavy atom. The Balaban J connectivity index is 2.72. The van der Waals surface area contributed by atoms with Crippen LogP contribution in [-0.2, 0) is 14.8 Å². The highest BCUT2D eigenvalue weighted by atomic mass is 32.2. The van der Waals surface area contributed by atoms with Gasteiger partial charge in [0.15, 0.2) is 6.61 Å². The average Bonchev–Trinajstić information content (AvgIpc) is 2.23. The lowest BCUT2D eigenvalue weighted by molar-refractivity contribution is -0.123. The summed E-state index contributed by atoms with van der Waals surface area (Å²) < 4.78 is 27.7. The minimum absolute atomic E-state index is 0.0441. The van der Waals surface area contributed by atoms with Gasteiger partial charge >= 0.3 is 0 Å². The Kier molecular flexibility index (Phi) is 4.90. The standard InChI is InChI=1S/C12H18N2O4S/c1-8(2)14-12(15)7-18-10-4-5-11(9(3)6-10)19(13,16)17/h4-6,8H,7H2,1-3H3,(H,14,15)(H2,13,16,17). The van der Waals surface area contributed by atoms with Gasteiger partial charge in [0.05, 0.1) is 4.90 Å². The first kappa shape index (κ1) is 15.5. The van der Waals surface area contributed by atoms with Crippen molar-refractivity contribution in [2.24, 2.45) is 5.14 Å². The number of nitrogens with one attached hydrogen (secondary N) is 1. The minimum atomic E-state index is -3.73. The molecule has 0 fully saturated rings. The van der Waals surface area contributed by atoms with Crippen LogP contribution in [0.4, 0.5) is 0 Å². The number of carbonyl (C=O) groups is 1. The molecule has 3 N–H and O–H groups in total. The van der Waals surface area contributed by atoms with Crippen LogP contribution < -0.4 is 15.2 Å². The lowest BCUT2D eigenvalue weighted by atomic mass is 10.2. The zero-order chi connectivity index (χ0) is 14.6. The van der Waals surface area contributed by atoms with Gasteiger partial charge in [0, 0.05) is 6.04 Å². The van der Waals surface area contributed by atoms with Crippen LogP contribution in [0.5, 0.6) is 5.75 Å². The molecular formula is C12H18N2O4S. The highest BCUT2D eigenvalue weighted by Crippen LogP contribution is 2.20. The van der Waals surface area contributed by atoms with Gasteiger partial charge in [-0.1, -0.05) is 0 Å². The molecule has 6 nitrogen and oxygen atoms in total. The van der Waals surface area contributed by atoms with E-state index in [0.29, 0.717) is 11.3 Å². The van der Waals surface area contributed by atoms with Crippen LogP contribution in [0.1, 0.15) is 19.4 Å². The Labute approximate surface area is 113 Å². The molecule has 1 aromatic rings. The summed E-state index contributed by atoms with van der Waals surface area (Å²) >= 11 is 0. The predicted molar refractivity (Wildman–Crippen MR) is 71.3 cm³/mol. The summed E-state index contributed by atoms with van der Waals surface area (Å²) in [6.45, 7) is 5.19. The molecular weight excluding hydrogens is 268 g/mol. The number of primary sulfonamides is 1. The van der Waals surface area contributed by atoms with Crippen LogP contribution >= 0.6 is 0 Å². The molecule has 0 unspecified atom stereocenters. The van der Waals surface area contributed by atoms with Crippen LogP contribution in [0, 0.1) is 6.92 Å². The summed E-state index contributed by atoms with van der Waals surface area (Å²) in [6.07, 6.45) is 0. The van der Waals surface area contributed by atoms with E-state index in [2.05, 4.69) is 5.32 Å². The van der Waals surface area contributed by atoms with E-state index in [-0.39, 0.29) is 23.5 Å². The quantitative estimate of drug-likeness (QED) is 0.825. The fraction of sp³-hybridized carbons (Fsp3) is 0.417. The Hall–Kier alpha value is -1.60. The first-order chi connectivity index (χ1) is 8.70. The van der Waals surface area contributed by atoms with Crippen molar-refractivity contribution in [3.8, 4) is 5.75 Å². The summed E-state index contributed by atoms with van der Waals surface area (Å²) in [7, 11) is -3.73.